The summed E-state index contributed by atoms with van der Waals surface area (Å²) in [5.74, 6) is 1.31. The average Bonchev–Trinajstić information content (AvgIpc) is 2.60. The molecule has 0 atom stereocenters. The lowest BCUT2D eigenvalue weighted by Crippen LogP contribution is -2.15. The molecule has 124 valence electrons. The Hall–Kier alpha value is -2.95. The van der Waals surface area contributed by atoms with E-state index in [1.165, 1.54) is 0 Å². The van der Waals surface area contributed by atoms with Crippen molar-refractivity contribution in [1.29, 1.82) is 0 Å². The minimum Gasteiger partial charge on any atom is -0.493 e. The Balaban J connectivity index is 1.85. The van der Waals surface area contributed by atoms with Crippen molar-refractivity contribution in [1.82, 2.24) is 4.98 Å². The maximum atomic E-state index is 12.2. The molecule has 0 aliphatic rings. The number of H-pyrrole nitrogens is 1. The molecule has 2 aromatic carbocycles. The highest BCUT2D eigenvalue weighted by Crippen LogP contribution is 2.29. The van der Waals surface area contributed by atoms with Crippen LogP contribution in [0, 0.1) is 6.92 Å². The van der Waals surface area contributed by atoms with Gasteiger partial charge in [0.15, 0.2) is 11.5 Å². The molecule has 5 heteroatoms. The number of aryl methyl sites for hydroxylation is 1. The summed E-state index contributed by atoms with van der Waals surface area (Å²) >= 11 is 0. The SMILES string of the molecule is COc1ccc(NCc2cc3cc(C)ccc3[nH]c2=O)cc1OC. The first kappa shape index (κ1) is 15.9. The van der Waals surface area contributed by atoms with E-state index in [9.17, 15) is 4.79 Å². The number of nitrogens with one attached hydrogen (secondary N) is 2. The minimum absolute atomic E-state index is 0.0840. The van der Waals surface area contributed by atoms with E-state index >= 15 is 0 Å². The molecule has 0 bridgehead atoms. The molecule has 2 N–H and O–H groups in total. The Morgan fingerprint density at radius 1 is 1.00 bits per heavy atom. The van der Waals surface area contributed by atoms with E-state index in [-0.39, 0.29) is 5.56 Å². The van der Waals surface area contributed by atoms with Gasteiger partial charge < -0.3 is 19.8 Å². The third-order valence-corrected chi connectivity index (χ3v) is 3.94. The van der Waals surface area contributed by atoms with Gasteiger partial charge in [-0.15, -0.1) is 0 Å². The lowest BCUT2D eigenvalue weighted by Gasteiger charge is -2.11. The Bertz CT molecular complexity index is 932. The topological polar surface area (TPSA) is 63.3 Å². The molecule has 1 heterocycles. The van der Waals surface area contributed by atoms with Crippen LogP contribution < -0.4 is 20.3 Å². The van der Waals surface area contributed by atoms with Crippen LogP contribution in [-0.4, -0.2) is 19.2 Å². The molecule has 1 aromatic heterocycles. The second-order valence-corrected chi connectivity index (χ2v) is 5.64. The number of methoxy groups -OCH3 is 2. The highest BCUT2D eigenvalue weighted by atomic mass is 16.5. The second-order valence-electron chi connectivity index (χ2n) is 5.64. The number of benzene rings is 2. The van der Waals surface area contributed by atoms with Crippen molar-refractivity contribution >= 4 is 16.6 Å². The van der Waals surface area contributed by atoms with Gasteiger partial charge in [0.1, 0.15) is 0 Å². The average molecular weight is 324 g/mol. The largest absolute Gasteiger partial charge is 0.493 e. The van der Waals surface area contributed by atoms with Gasteiger partial charge in [-0.2, -0.15) is 0 Å². The predicted octanol–water partition coefficient (Wildman–Crippen LogP) is 3.47. The molecule has 0 fully saturated rings. The molecule has 0 unspecified atom stereocenters. The molecule has 3 aromatic rings. The fraction of sp³-hybridized carbons (Fsp3) is 0.211. The predicted molar refractivity (Wildman–Crippen MR) is 96.2 cm³/mol. The fourth-order valence-corrected chi connectivity index (χ4v) is 2.65. The number of hydrogen-bond acceptors (Lipinski definition) is 4. The first-order chi connectivity index (χ1) is 11.6. The summed E-state index contributed by atoms with van der Waals surface area (Å²) in [5, 5.41) is 4.28. The van der Waals surface area contributed by atoms with Crippen LogP contribution in [0.25, 0.3) is 10.9 Å². The number of hydrogen-bond donors (Lipinski definition) is 2. The van der Waals surface area contributed by atoms with Crippen LogP contribution in [0.15, 0.2) is 47.3 Å². The van der Waals surface area contributed by atoms with Gasteiger partial charge in [-0.1, -0.05) is 11.6 Å². The number of aromatic nitrogens is 1. The van der Waals surface area contributed by atoms with Crippen molar-refractivity contribution in [3.8, 4) is 11.5 Å². The van der Waals surface area contributed by atoms with E-state index in [0.717, 1.165) is 22.2 Å². The van der Waals surface area contributed by atoms with Crippen LogP contribution in [0.2, 0.25) is 0 Å². The second kappa shape index (κ2) is 6.66. The number of pyridine rings is 1. The van der Waals surface area contributed by atoms with Crippen molar-refractivity contribution in [2.75, 3.05) is 19.5 Å². The molecule has 0 saturated carbocycles. The van der Waals surface area contributed by atoms with Gasteiger partial charge in [-0.25, -0.2) is 0 Å². The number of anilines is 1. The number of rotatable bonds is 5. The first-order valence-electron chi connectivity index (χ1n) is 7.69. The molecule has 5 nitrogen and oxygen atoms in total. The smallest absolute Gasteiger partial charge is 0.253 e. The van der Waals surface area contributed by atoms with Crippen LogP contribution in [0.5, 0.6) is 11.5 Å². The quantitative estimate of drug-likeness (QED) is 0.754. The Morgan fingerprint density at radius 3 is 2.54 bits per heavy atom. The van der Waals surface area contributed by atoms with E-state index in [1.807, 2.05) is 43.3 Å². The molecule has 3 rings (SSSR count). The van der Waals surface area contributed by atoms with Gasteiger partial charge in [-0.3, -0.25) is 4.79 Å². The maximum absolute atomic E-state index is 12.2. The summed E-state index contributed by atoms with van der Waals surface area (Å²) in [5.41, 5.74) is 3.47. The van der Waals surface area contributed by atoms with Crippen molar-refractivity contribution in [2.45, 2.75) is 13.5 Å². The van der Waals surface area contributed by atoms with Gasteiger partial charge in [0, 0.05) is 29.4 Å². The summed E-state index contributed by atoms with van der Waals surface area (Å²) in [6, 6.07) is 13.5. The Morgan fingerprint density at radius 2 is 1.79 bits per heavy atom. The zero-order chi connectivity index (χ0) is 17.1. The summed E-state index contributed by atoms with van der Waals surface area (Å²) in [6.07, 6.45) is 0. The lowest BCUT2D eigenvalue weighted by atomic mass is 10.1. The van der Waals surface area contributed by atoms with E-state index in [2.05, 4.69) is 16.4 Å². The van der Waals surface area contributed by atoms with E-state index in [0.29, 0.717) is 23.6 Å². The molecule has 0 aliphatic heterocycles. The monoisotopic (exact) mass is 324 g/mol. The van der Waals surface area contributed by atoms with E-state index in [4.69, 9.17) is 9.47 Å². The third-order valence-electron chi connectivity index (χ3n) is 3.94. The maximum Gasteiger partial charge on any atom is 0.253 e. The highest BCUT2D eigenvalue weighted by Gasteiger charge is 2.06. The summed E-state index contributed by atoms with van der Waals surface area (Å²) < 4.78 is 10.5. The third kappa shape index (κ3) is 3.20. The van der Waals surface area contributed by atoms with Crippen molar-refractivity contribution in [2.24, 2.45) is 0 Å². The van der Waals surface area contributed by atoms with Crippen LogP contribution in [0.4, 0.5) is 5.69 Å². The van der Waals surface area contributed by atoms with Crippen molar-refractivity contribution < 1.29 is 9.47 Å². The van der Waals surface area contributed by atoms with Gasteiger partial charge >= 0.3 is 0 Å². The van der Waals surface area contributed by atoms with Gasteiger partial charge in [0.05, 0.1) is 14.2 Å². The zero-order valence-electron chi connectivity index (χ0n) is 14.0. The van der Waals surface area contributed by atoms with Gasteiger partial charge in [0.25, 0.3) is 5.56 Å². The highest BCUT2D eigenvalue weighted by molar-refractivity contribution is 5.79. The van der Waals surface area contributed by atoms with Crippen molar-refractivity contribution in [3.05, 3.63) is 63.9 Å². The molecule has 0 aliphatic carbocycles. The van der Waals surface area contributed by atoms with E-state index < -0.39 is 0 Å². The number of aromatic amines is 1. The normalized spacial score (nSPS) is 10.6. The summed E-state index contributed by atoms with van der Waals surface area (Å²) in [6.45, 7) is 2.46. The minimum atomic E-state index is -0.0840. The molecule has 0 saturated heterocycles. The zero-order valence-corrected chi connectivity index (χ0v) is 14.0. The van der Waals surface area contributed by atoms with Crippen LogP contribution >= 0.6 is 0 Å². The Kier molecular flexibility index (Phi) is 4.42. The molecule has 0 amide bonds. The molecular formula is C19H20N2O3. The first-order valence-corrected chi connectivity index (χ1v) is 7.69. The molecule has 24 heavy (non-hydrogen) atoms. The van der Waals surface area contributed by atoms with Crippen LogP contribution in [0.3, 0.4) is 0 Å². The summed E-state index contributed by atoms with van der Waals surface area (Å²) in [7, 11) is 3.19. The fourth-order valence-electron chi connectivity index (χ4n) is 2.65. The molecule has 0 radical (unpaired) electrons. The standard InChI is InChI=1S/C19H20N2O3/c1-12-4-6-16-13(8-12)9-14(19(22)21-16)11-20-15-5-7-17(23-2)18(10-15)24-3/h4-10,20H,11H2,1-3H3,(H,21,22). The van der Waals surface area contributed by atoms with Crippen molar-refractivity contribution in [3.63, 3.8) is 0 Å². The van der Waals surface area contributed by atoms with Gasteiger partial charge in [-0.05, 0) is 42.6 Å². The molecule has 0 spiro atoms. The van der Waals surface area contributed by atoms with Crippen LogP contribution in [-0.2, 0) is 6.54 Å². The van der Waals surface area contributed by atoms with Gasteiger partial charge in [0.2, 0.25) is 0 Å². The summed E-state index contributed by atoms with van der Waals surface area (Å²) in [4.78, 5) is 15.1. The number of fused-ring (bicyclic) bond motifs is 1. The molecular weight excluding hydrogens is 304 g/mol. The van der Waals surface area contributed by atoms with Crippen LogP contribution in [0.1, 0.15) is 11.1 Å². The van der Waals surface area contributed by atoms with E-state index in [1.54, 1.807) is 14.2 Å². The Labute approximate surface area is 140 Å². The lowest BCUT2D eigenvalue weighted by molar-refractivity contribution is 0.355. The number of ether oxygens (including phenoxy) is 2.